The second-order valence-corrected chi connectivity index (χ2v) is 4.63. The average molecular weight is 236 g/mol. The fraction of sp³-hybridized carbons (Fsp3) is 0.462. The van der Waals surface area contributed by atoms with E-state index in [9.17, 15) is 9.90 Å². The summed E-state index contributed by atoms with van der Waals surface area (Å²) in [4.78, 5) is 11.2. The molecule has 17 heavy (non-hydrogen) atoms. The molecule has 0 amide bonds. The van der Waals surface area contributed by atoms with Gasteiger partial charge in [-0.1, -0.05) is 30.3 Å². The maximum atomic E-state index is 11.2. The molecule has 0 aliphatic carbocycles. The van der Waals surface area contributed by atoms with Gasteiger partial charge < -0.3 is 15.6 Å². The Morgan fingerprint density at radius 3 is 2.65 bits per heavy atom. The Kier molecular flexibility index (Phi) is 3.45. The molecule has 4 nitrogen and oxygen atoms in total. The molecule has 4 N–H and O–H groups in total. The number of quaternary nitrogens is 1. The Hall–Kier alpha value is -1.39. The third-order valence-electron chi connectivity index (χ3n) is 3.29. The van der Waals surface area contributed by atoms with Gasteiger partial charge in [0.1, 0.15) is 11.6 Å². The summed E-state index contributed by atoms with van der Waals surface area (Å²) in [7, 11) is 0. The zero-order valence-electron chi connectivity index (χ0n) is 9.76. The molecule has 2 unspecified atom stereocenters. The highest BCUT2D eigenvalue weighted by atomic mass is 16.6. The van der Waals surface area contributed by atoms with Crippen LogP contribution < -0.4 is 5.73 Å². The number of hydrogen-bond acceptors (Lipinski definition) is 3. The van der Waals surface area contributed by atoms with Crippen LogP contribution in [0.1, 0.15) is 30.9 Å². The van der Waals surface area contributed by atoms with Crippen LogP contribution in [0.2, 0.25) is 0 Å². The summed E-state index contributed by atoms with van der Waals surface area (Å²) in [5.41, 5.74) is 4.46. The topological polar surface area (TPSA) is 74.2 Å². The highest BCUT2D eigenvalue weighted by Crippen LogP contribution is 2.33. The van der Waals surface area contributed by atoms with E-state index in [-0.39, 0.29) is 18.6 Å². The minimum Gasteiger partial charge on any atom is -0.456 e. The van der Waals surface area contributed by atoms with Crippen LogP contribution in [-0.2, 0) is 9.53 Å². The minimum absolute atomic E-state index is 0.0225. The van der Waals surface area contributed by atoms with Crippen molar-refractivity contribution in [2.45, 2.75) is 30.9 Å². The van der Waals surface area contributed by atoms with Gasteiger partial charge >= 0.3 is 5.97 Å². The molecule has 2 atom stereocenters. The van der Waals surface area contributed by atoms with Gasteiger partial charge in [0.25, 0.3) is 0 Å². The maximum absolute atomic E-state index is 11.2. The zero-order chi connectivity index (χ0) is 12.3. The summed E-state index contributed by atoms with van der Waals surface area (Å²) < 4.78 is 5.26. The van der Waals surface area contributed by atoms with Crippen molar-refractivity contribution in [1.29, 1.82) is 0 Å². The van der Waals surface area contributed by atoms with E-state index < -0.39 is 5.60 Å². The zero-order valence-corrected chi connectivity index (χ0v) is 9.76. The fourth-order valence-electron chi connectivity index (χ4n) is 2.29. The van der Waals surface area contributed by atoms with E-state index in [1.165, 1.54) is 0 Å². The lowest BCUT2D eigenvalue weighted by Gasteiger charge is -2.26. The molecule has 2 rings (SSSR count). The van der Waals surface area contributed by atoms with Crippen LogP contribution in [0.25, 0.3) is 0 Å². The van der Waals surface area contributed by atoms with Crippen molar-refractivity contribution in [3.05, 3.63) is 35.9 Å². The highest BCUT2D eigenvalue weighted by Gasteiger charge is 2.42. The number of hydrogen-bond donors (Lipinski definition) is 2. The van der Waals surface area contributed by atoms with Gasteiger partial charge in [0.05, 0.1) is 6.61 Å². The Bertz CT molecular complexity index is 393. The van der Waals surface area contributed by atoms with Gasteiger partial charge in [-0.3, -0.25) is 4.79 Å². The van der Waals surface area contributed by atoms with Crippen LogP contribution in [0.4, 0.5) is 0 Å². The molecule has 4 heteroatoms. The van der Waals surface area contributed by atoms with Crippen LogP contribution in [-0.4, -0.2) is 23.3 Å². The van der Waals surface area contributed by atoms with Gasteiger partial charge in [0, 0.05) is 24.8 Å². The van der Waals surface area contributed by atoms with Crippen molar-refractivity contribution in [3.8, 4) is 0 Å². The number of benzene rings is 1. The van der Waals surface area contributed by atoms with Crippen molar-refractivity contribution in [2.75, 3.05) is 6.61 Å². The predicted octanol–water partition coefficient (Wildman–Crippen LogP) is 0.428. The van der Waals surface area contributed by atoms with Crippen LogP contribution in [0, 0.1) is 0 Å². The second kappa shape index (κ2) is 4.85. The van der Waals surface area contributed by atoms with Crippen LogP contribution in [0.3, 0.4) is 0 Å². The quantitative estimate of drug-likeness (QED) is 0.744. The van der Waals surface area contributed by atoms with E-state index in [0.29, 0.717) is 19.3 Å². The molecule has 92 valence electrons. The number of cyclic esters (lactones) is 1. The molecule has 1 aromatic rings. The van der Waals surface area contributed by atoms with Gasteiger partial charge in [-0.05, 0) is 0 Å². The molecule has 1 aliphatic heterocycles. The molecule has 1 aromatic carbocycles. The van der Waals surface area contributed by atoms with Crippen molar-refractivity contribution in [2.24, 2.45) is 0 Å². The molecule has 0 saturated carbocycles. The van der Waals surface area contributed by atoms with E-state index in [1.54, 1.807) is 0 Å². The fourth-order valence-corrected chi connectivity index (χ4v) is 2.29. The molecular formula is C13H18NO3+. The average Bonchev–Trinajstić information content (AvgIpc) is 2.72. The first-order valence-corrected chi connectivity index (χ1v) is 5.86. The van der Waals surface area contributed by atoms with Crippen LogP contribution in [0.15, 0.2) is 30.3 Å². The minimum atomic E-state index is -0.723. The van der Waals surface area contributed by atoms with Gasteiger partial charge in [-0.2, -0.15) is 0 Å². The molecular weight excluding hydrogens is 218 g/mol. The van der Waals surface area contributed by atoms with Gasteiger partial charge in [-0.15, -0.1) is 0 Å². The van der Waals surface area contributed by atoms with Gasteiger partial charge in [0.15, 0.2) is 0 Å². The molecule has 1 heterocycles. The number of rotatable bonds is 4. The Balaban J connectivity index is 2.07. The summed E-state index contributed by atoms with van der Waals surface area (Å²) in [5, 5.41) is 9.43. The first kappa shape index (κ1) is 12.1. The molecule has 1 aliphatic rings. The van der Waals surface area contributed by atoms with Crippen LogP contribution in [0.5, 0.6) is 0 Å². The Labute approximate surface area is 100 Å². The second-order valence-electron chi connectivity index (χ2n) is 4.63. The molecule has 0 bridgehead atoms. The lowest BCUT2D eigenvalue weighted by molar-refractivity contribution is -0.433. The SMILES string of the molecule is [NH3+]C(CC1(CO)CCC(=O)O1)c1ccccc1. The summed E-state index contributed by atoms with van der Waals surface area (Å²) in [5.74, 6) is -0.223. The first-order chi connectivity index (χ1) is 8.15. The number of aliphatic hydroxyl groups excluding tert-OH is 1. The lowest BCUT2D eigenvalue weighted by atomic mass is 9.90. The van der Waals surface area contributed by atoms with Gasteiger partial charge in [-0.25, -0.2) is 0 Å². The van der Waals surface area contributed by atoms with E-state index >= 15 is 0 Å². The van der Waals surface area contributed by atoms with E-state index in [2.05, 4.69) is 5.73 Å². The lowest BCUT2D eigenvalue weighted by Crippen LogP contribution is -2.56. The summed E-state index contributed by atoms with van der Waals surface area (Å²) in [6, 6.07) is 9.89. The number of ether oxygens (including phenoxy) is 1. The van der Waals surface area contributed by atoms with Crippen molar-refractivity contribution in [3.63, 3.8) is 0 Å². The highest BCUT2D eigenvalue weighted by molar-refractivity contribution is 5.72. The number of aliphatic hydroxyl groups is 1. The third-order valence-corrected chi connectivity index (χ3v) is 3.29. The summed E-state index contributed by atoms with van der Waals surface area (Å²) in [6.07, 6.45) is 1.54. The number of carbonyl (C=O) groups is 1. The van der Waals surface area contributed by atoms with Crippen LogP contribution >= 0.6 is 0 Å². The molecule has 0 aromatic heterocycles. The largest absolute Gasteiger partial charge is 0.456 e. The third kappa shape index (κ3) is 2.65. The molecule has 0 radical (unpaired) electrons. The normalized spacial score (nSPS) is 25.6. The smallest absolute Gasteiger partial charge is 0.306 e. The van der Waals surface area contributed by atoms with E-state index in [1.807, 2.05) is 30.3 Å². The van der Waals surface area contributed by atoms with Crippen molar-refractivity contribution in [1.82, 2.24) is 0 Å². The number of carbonyl (C=O) groups excluding carboxylic acids is 1. The number of esters is 1. The molecule has 1 fully saturated rings. The summed E-state index contributed by atoms with van der Waals surface area (Å²) in [6.45, 7) is -0.127. The van der Waals surface area contributed by atoms with Crippen molar-refractivity contribution >= 4 is 5.97 Å². The van der Waals surface area contributed by atoms with E-state index in [0.717, 1.165) is 5.56 Å². The summed E-state index contributed by atoms with van der Waals surface area (Å²) >= 11 is 0. The monoisotopic (exact) mass is 236 g/mol. The molecule has 0 spiro atoms. The molecule has 1 saturated heterocycles. The first-order valence-electron chi connectivity index (χ1n) is 5.86. The standard InChI is InChI=1S/C13H17NO3/c14-11(10-4-2-1-3-5-10)8-13(9-15)7-6-12(16)17-13/h1-5,11,15H,6-9,14H2/p+1. The van der Waals surface area contributed by atoms with E-state index in [4.69, 9.17) is 4.74 Å². The Morgan fingerprint density at radius 2 is 2.12 bits per heavy atom. The predicted molar refractivity (Wildman–Crippen MR) is 61.8 cm³/mol. The van der Waals surface area contributed by atoms with Crippen molar-refractivity contribution < 1.29 is 20.4 Å². The van der Waals surface area contributed by atoms with Gasteiger partial charge in [0.2, 0.25) is 0 Å². The Morgan fingerprint density at radius 1 is 1.41 bits per heavy atom. The maximum Gasteiger partial charge on any atom is 0.306 e.